The zero-order chi connectivity index (χ0) is 24.0. The van der Waals surface area contributed by atoms with Crippen LogP contribution in [0.1, 0.15) is 33.0 Å². The highest BCUT2D eigenvalue weighted by atomic mass is 32.1. The van der Waals surface area contributed by atoms with Gasteiger partial charge < -0.3 is 25.4 Å². The molecule has 1 aromatic carbocycles. The lowest BCUT2D eigenvalue weighted by Gasteiger charge is -2.28. The number of carbonyl (C=O) groups excluding carboxylic acids is 3. The molecule has 1 aromatic heterocycles. The third kappa shape index (κ3) is 6.19. The Morgan fingerprint density at radius 1 is 1.30 bits per heavy atom. The van der Waals surface area contributed by atoms with Crippen LogP contribution in [0.25, 0.3) is 0 Å². The van der Waals surface area contributed by atoms with Gasteiger partial charge in [0.2, 0.25) is 5.91 Å². The van der Waals surface area contributed by atoms with Crippen molar-refractivity contribution in [3.05, 3.63) is 45.6 Å². The molecule has 1 aliphatic rings. The number of benzene rings is 1. The molecule has 9 nitrogen and oxygen atoms in total. The first kappa shape index (κ1) is 24.0. The topological polar surface area (TPSA) is 125 Å². The molecule has 3 rings (SSSR count). The van der Waals surface area contributed by atoms with Crippen LogP contribution in [0.5, 0.6) is 0 Å². The van der Waals surface area contributed by atoms with Crippen LogP contribution in [0.15, 0.2) is 30.3 Å². The minimum absolute atomic E-state index is 0.0238. The first-order chi connectivity index (χ1) is 15.8. The second-order valence-corrected chi connectivity index (χ2v) is 8.44. The van der Waals surface area contributed by atoms with Crippen molar-refractivity contribution in [2.75, 3.05) is 30.0 Å². The van der Waals surface area contributed by atoms with E-state index >= 15 is 0 Å². The van der Waals surface area contributed by atoms with Gasteiger partial charge in [-0.1, -0.05) is 5.92 Å². The molecule has 2 heterocycles. The highest BCUT2D eigenvalue weighted by Crippen LogP contribution is 2.25. The summed E-state index contributed by atoms with van der Waals surface area (Å²) < 4.78 is 5.15. The summed E-state index contributed by atoms with van der Waals surface area (Å²) in [6.07, 6.45) is 4.95. The molecule has 172 valence electrons. The maximum atomic E-state index is 12.9. The largest absolute Gasteiger partial charge is 0.481 e. The molecule has 0 saturated carbocycles. The van der Waals surface area contributed by atoms with E-state index in [4.69, 9.17) is 16.3 Å². The fourth-order valence-corrected chi connectivity index (χ4v) is 4.06. The van der Waals surface area contributed by atoms with Crippen molar-refractivity contribution in [3.8, 4) is 12.3 Å². The Hall–Kier alpha value is -3.68. The van der Waals surface area contributed by atoms with E-state index in [2.05, 4.69) is 16.6 Å². The molecular weight excluding hydrogens is 446 g/mol. The summed E-state index contributed by atoms with van der Waals surface area (Å²) in [4.78, 5) is 51.1. The van der Waals surface area contributed by atoms with E-state index in [9.17, 15) is 19.2 Å². The number of anilines is 2. The van der Waals surface area contributed by atoms with Gasteiger partial charge in [-0.15, -0.1) is 17.8 Å². The summed E-state index contributed by atoms with van der Waals surface area (Å²) in [6, 6.07) is 7.20. The number of nitrogens with zero attached hydrogens (tertiary/aromatic N) is 1. The maximum Gasteiger partial charge on any atom is 0.303 e. The number of thiophene rings is 1. The zero-order valence-corrected chi connectivity index (χ0v) is 18.7. The van der Waals surface area contributed by atoms with Gasteiger partial charge in [0.25, 0.3) is 11.8 Å². The first-order valence-electron chi connectivity index (χ1n) is 10.2. The Kier molecular flexibility index (Phi) is 7.82. The van der Waals surface area contributed by atoms with Gasteiger partial charge in [-0.2, -0.15) is 0 Å². The van der Waals surface area contributed by atoms with E-state index in [1.807, 2.05) is 6.92 Å². The number of aliphatic carboxylic acids is 1. The monoisotopic (exact) mass is 469 g/mol. The molecule has 1 atom stereocenters. The average molecular weight is 470 g/mol. The number of nitrogens with one attached hydrogen (secondary N) is 2. The van der Waals surface area contributed by atoms with Crippen molar-refractivity contribution in [1.29, 1.82) is 0 Å². The van der Waals surface area contributed by atoms with E-state index in [0.717, 1.165) is 22.6 Å². The SMILES string of the molecule is C#Cc1ccc(C(=O)NC(CCC(=O)O)C(=O)Nc2ccc(N3CCOCC3=O)c(C)c2)s1. The molecule has 3 amide bonds. The van der Waals surface area contributed by atoms with E-state index in [1.54, 1.807) is 35.2 Å². The zero-order valence-electron chi connectivity index (χ0n) is 17.9. The molecule has 3 N–H and O–H groups in total. The molecule has 0 bridgehead atoms. The van der Waals surface area contributed by atoms with Gasteiger partial charge in [-0.05, 0) is 49.2 Å². The summed E-state index contributed by atoms with van der Waals surface area (Å²) in [5.41, 5.74) is 1.95. The van der Waals surface area contributed by atoms with Gasteiger partial charge in [0.15, 0.2) is 0 Å². The van der Waals surface area contributed by atoms with Gasteiger partial charge in [0.05, 0.1) is 16.4 Å². The summed E-state index contributed by atoms with van der Waals surface area (Å²) >= 11 is 1.10. The molecule has 10 heteroatoms. The van der Waals surface area contributed by atoms with Crippen LogP contribution in [0.4, 0.5) is 11.4 Å². The summed E-state index contributed by atoms with van der Waals surface area (Å²) in [7, 11) is 0. The van der Waals surface area contributed by atoms with E-state index in [1.165, 1.54) is 0 Å². The molecule has 0 radical (unpaired) electrons. The van der Waals surface area contributed by atoms with Crippen LogP contribution in [0.2, 0.25) is 0 Å². The van der Waals surface area contributed by atoms with Crippen molar-refractivity contribution in [3.63, 3.8) is 0 Å². The molecule has 2 aromatic rings. The predicted molar refractivity (Wildman–Crippen MR) is 123 cm³/mol. The highest BCUT2D eigenvalue weighted by molar-refractivity contribution is 7.14. The van der Waals surface area contributed by atoms with E-state index in [0.29, 0.717) is 28.6 Å². The maximum absolute atomic E-state index is 12.9. The smallest absolute Gasteiger partial charge is 0.303 e. The molecule has 1 fully saturated rings. The van der Waals surface area contributed by atoms with Crippen LogP contribution in [0, 0.1) is 19.3 Å². The molecule has 1 aliphatic heterocycles. The minimum atomic E-state index is -1.08. The number of amides is 3. The number of carboxylic acid groups (broad SMARTS) is 1. The second kappa shape index (κ2) is 10.8. The average Bonchev–Trinajstić information content (AvgIpc) is 3.27. The lowest BCUT2D eigenvalue weighted by Crippen LogP contribution is -2.44. The second-order valence-electron chi connectivity index (χ2n) is 7.36. The van der Waals surface area contributed by atoms with Gasteiger partial charge >= 0.3 is 5.97 Å². The van der Waals surface area contributed by atoms with Crippen molar-refractivity contribution >= 4 is 46.4 Å². The molecule has 1 unspecified atom stereocenters. The van der Waals surface area contributed by atoms with Gasteiger partial charge in [0.1, 0.15) is 12.6 Å². The molecule has 0 aliphatic carbocycles. The molecule has 1 saturated heterocycles. The highest BCUT2D eigenvalue weighted by Gasteiger charge is 2.25. The lowest BCUT2D eigenvalue weighted by atomic mass is 10.1. The standard InChI is InChI=1S/C23H23N3O6S/c1-3-16-5-8-19(33-16)23(31)25-17(6-9-21(28)29)22(30)24-15-4-7-18(14(2)12-15)26-10-11-32-13-20(26)27/h1,4-5,7-8,12,17H,6,9-11,13H2,2H3,(H,24,30)(H,25,31)(H,28,29). The van der Waals surface area contributed by atoms with Crippen molar-refractivity contribution < 1.29 is 29.0 Å². The number of morpholine rings is 1. The minimum Gasteiger partial charge on any atom is -0.481 e. The van der Waals surface area contributed by atoms with Crippen LogP contribution in [-0.4, -0.2) is 54.6 Å². The number of hydrogen-bond acceptors (Lipinski definition) is 6. The van der Waals surface area contributed by atoms with E-state index in [-0.39, 0.29) is 25.4 Å². The number of hydrogen-bond donors (Lipinski definition) is 3. The van der Waals surface area contributed by atoms with Crippen molar-refractivity contribution in [1.82, 2.24) is 5.32 Å². The summed E-state index contributed by atoms with van der Waals surface area (Å²) in [5, 5.41) is 14.3. The Morgan fingerprint density at radius 2 is 2.09 bits per heavy atom. The Morgan fingerprint density at radius 3 is 2.73 bits per heavy atom. The summed E-state index contributed by atoms with van der Waals surface area (Å²) in [5.74, 6) is 0.159. The van der Waals surface area contributed by atoms with Crippen LogP contribution >= 0.6 is 11.3 Å². The number of carboxylic acids is 1. The van der Waals surface area contributed by atoms with Crippen LogP contribution in [0.3, 0.4) is 0 Å². The van der Waals surface area contributed by atoms with Gasteiger partial charge in [-0.25, -0.2) is 0 Å². The molecule has 0 spiro atoms. The normalized spacial score (nSPS) is 14.3. The molecular formula is C23H23N3O6S. The van der Waals surface area contributed by atoms with Crippen LogP contribution < -0.4 is 15.5 Å². The Bertz CT molecular complexity index is 1120. The quantitative estimate of drug-likeness (QED) is 0.508. The number of aryl methyl sites for hydroxylation is 1. The van der Waals surface area contributed by atoms with Crippen LogP contribution in [-0.2, 0) is 19.1 Å². The van der Waals surface area contributed by atoms with Crippen molar-refractivity contribution in [2.24, 2.45) is 0 Å². The first-order valence-corrected chi connectivity index (χ1v) is 11.0. The Labute approximate surface area is 194 Å². The fourth-order valence-electron chi connectivity index (χ4n) is 3.34. The van der Waals surface area contributed by atoms with Crippen molar-refractivity contribution in [2.45, 2.75) is 25.8 Å². The predicted octanol–water partition coefficient (Wildman–Crippen LogP) is 2.00. The fraction of sp³-hybridized carbons (Fsp3) is 0.304. The number of rotatable bonds is 8. The van der Waals surface area contributed by atoms with Gasteiger partial charge in [-0.3, -0.25) is 19.2 Å². The number of ether oxygens (including phenoxy) is 1. The number of carbonyl (C=O) groups is 4. The third-order valence-electron chi connectivity index (χ3n) is 4.98. The lowest BCUT2D eigenvalue weighted by molar-refractivity contribution is -0.137. The third-order valence-corrected chi connectivity index (χ3v) is 6.00. The molecule has 33 heavy (non-hydrogen) atoms. The number of terminal acetylenes is 1. The summed E-state index contributed by atoms with van der Waals surface area (Å²) in [6.45, 7) is 2.73. The Balaban J connectivity index is 1.72. The van der Waals surface area contributed by atoms with E-state index < -0.39 is 23.8 Å². The van der Waals surface area contributed by atoms with Gasteiger partial charge in [0, 0.05) is 24.3 Å².